The Bertz CT molecular complexity index is 255. The highest BCUT2D eigenvalue weighted by Gasteiger charge is 1.98. The first kappa shape index (κ1) is 12.1. The third-order valence-corrected chi connectivity index (χ3v) is 1.95. The molecule has 0 saturated heterocycles. The van der Waals surface area contributed by atoms with Crippen LogP contribution in [-0.2, 0) is 6.42 Å². The van der Waals surface area contributed by atoms with Gasteiger partial charge in [-0.15, -0.1) is 12.8 Å². The lowest BCUT2D eigenvalue weighted by atomic mass is 10.1. The largest absolute Gasteiger partial charge is 0.496 e. The highest BCUT2D eigenvalue weighted by atomic mass is 79.9. The Hall–Kier alpha value is -0.940. The Labute approximate surface area is 88.2 Å². The molecule has 1 nitrogen and oxygen atoms in total. The lowest BCUT2D eigenvalue weighted by Crippen LogP contribution is -1.91. The first-order valence-corrected chi connectivity index (χ1v) is 5.02. The Balaban J connectivity index is 0.000000671. The van der Waals surface area contributed by atoms with E-state index in [-0.39, 0.29) is 0 Å². The van der Waals surface area contributed by atoms with Crippen molar-refractivity contribution in [3.63, 3.8) is 0 Å². The number of ether oxygens (including phenoxy) is 1. The van der Waals surface area contributed by atoms with E-state index in [9.17, 15) is 0 Å². The van der Waals surface area contributed by atoms with Gasteiger partial charge in [-0.2, -0.15) is 0 Å². The van der Waals surface area contributed by atoms with E-state index < -0.39 is 0 Å². The van der Waals surface area contributed by atoms with Gasteiger partial charge in [-0.1, -0.05) is 34.1 Å². The minimum Gasteiger partial charge on any atom is -0.496 e. The van der Waals surface area contributed by atoms with Crippen LogP contribution >= 0.6 is 15.9 Å². The number of rotatable bonds is 3. The summed E-state index contributed by atoms with van der Waals surface area (Å²) in [5.74, 6) is 0.979. The summed E-state index contributed by atoms with van der Waals surface area (Å²) in [5, 5.41) is 0.980. The molecular weight excluding hydrogens is 228 g/mol. The van der Waals surface area contributed by atoms with Crippen molar-refractivity contribution in [1.82, 2.24) is 0 Å². The van der Waals surface area contributed by atoms with E-state index >= 15 is 0 Å². The molecule has 1 rings (SSSR count). The first-order valence-electron chi connectivity index (χ1n) is 3.89. The maximum Gasteiger partial charge on any atom is 0.122 e. The standard InChI is InChI=1S/C9H11BrO.C2H2/c1-11-9-5-3-2-4-8(9)6-7-10;1-2/h2-5H,6-7H2,1H3;1-2H. The van der Waals surface area contributed by atoms with Gasteiger partial charge in [0.15, 0.2) is 0 Å². The number of hydrogen-bond donors (Lipinski definition) is 0. The van der Waals surface area contributed by atoms with Crippen LogP contribution in [0.15, 0.2) is 24.3 Å². The highest BCUT2D eigenvalue weighted by Crippen LogP contribution is 2.17. The van der Waals surface area contributed by atoms with E-state index in [0.717, 1.165) is 17.5 Å². The fourth-order valence-electron chi connectivity index (χ4n) is 1.01. The summed E-state index contributed by atoms with van der Waals surface area (Å²) in [6.45, 7) is 0. The maximum atomic E-state index is 5.18. The molecule has 0 spiro atoms. The molecule has 0 amide bonds. The fraction of sp³-hybridized carbons (Fsp3) is 0.273. The molecule has 0 radical (unpaired) electrons. The van der Waals surface area contributed by atoms with Gasteiger partial charge in [0.05, 0.1) is 7.11 Å². The number of benzene rings is 1. The number of methoxy groups -OCH3 is 1. The third kappa shape index (κ3) is 4.00. The van der Waals surface area contributed by atoms with Crippen LogP contribution in [0.4, 0.5) is 0 Å². The van der Waals surface area contributed by atoms with Crippen LogP contribution in [-0.4, -0.2) is 12.4 Å². The SMILES string of the molecule is C#C.COc1ccccc1CCBr. The van der Waals surface area contributed by atoms with Gasteiger partial charge in [-0.3, -0.25) is 0 Å². The van der Waals surface area contributed by atoms with E-state index in [4.69, 9.17) is 4.74 Å². The average molecular weight is 241 g/mol. The van der Waals surface area contributed by atoms with Crippen LogP contribution in [0.25, 0.3) is 0 Å². The number of alkyl halides is 1. The van der Waals surface area contributed by atoms with Crippen LogP contribution in [0.2, 0.25) is 0 Å². The van der Waals surface area contributed by atoms with E-state index in [2.05, 4.69) is 34.8 Å². The molecule has 0 saturated carbocycles. The first-order chi connectivity index (χ1) is 6.38. The molecule has 0 atom stereocenters. The molecule has 13 heavy (non-hydrogen) atoms. The van der Waals surface area contributed by atoms with Crippen LogP contribution < -0.4 is 4.74 Å². The van der Waals surface area contributed by atoms with Gasteiger partial charge in [-0.05, 0) is 18.1 Å². The molecule has 0 aliphatic rings. The lowest BCUT2D eigenvalue weighted by molar-refractivity contribution is 0.410. The second-order valence-corrected chi connectivity index (χ2v) is 3.04. The zero-order valence-electron chi connectivity index (χ0n) is 7.66. The van der Waals surface area contributed by atoms with Crippen molar-refractivity contribution in [2.24, 2.45) is 0 Å². The summed E-state index contributed by atoms with van der Waals surface area (Å²) >= 11 is 3.39. The van der Waals surface area contributed by atoms with Gasteiger partial charge < -0.3 is 4.74 Å². The van der Waals surface area contributed by atoms with Crippen molar-refractivity contribution in [1.29, 1.82) is 0 Å². The lowest BCUT2D eigenvalue weighted by Gasteiger charge is -2.05. The minimum absolute atomic E-state index is 0.979. The average Bonchev–Trinajstić information content (AvgIpc) is 2.22. The molecule has 0 heterocycles. The summed E-state index contributed by atoms with van der Waals surface area (Å²) < 4.78 is 5.18. The van der Waals surface area contributed by atoms with Crippen molar-refractivity contribution < 1.29 is 4.74 Å². The predicted octanol–water partition coefficient (Wildman–Crippen LogP) is 2.88. The molecule has 0 fully saturated rings. The van der Waals surface area contributed by atoms with Crippen LogP contribution in [0.3, 0.4) is 0 Å². The van der Waals surface area contributed by atoms with Crippen molar-refractivity contribution in [3.05, 3.63) is 29.8 Å². The van der Waals surface area contributed by atoms with E-state index in [1.807, 2.05) is 18.2 Å². The molecule has 0 N–H and O–H groups in total. The van der Waals surface area contributed by atoms with Gasteiger partial charge in [0.2, 0.25) is 0 Å². The molecule has 2 heteroatoms. The molecule has 0 aliphatic carbocycles. The highest BCUT2D eigenvalue weighted by molar-refractivity contribution is 9.09. The van der Waals surface area contributed by atoms with Gasteiger partial charge in [0.25, 0.3) is 0 Å². The quantitative estimate of drug-likeness (QED) is 0.584. The topological polar surface area (TPSA) is 9.23 Å². The number of terminal acetylenes is 1. The van der Waals surface area contributed by atoms with Crippen molar-refractivity contribution in [2.45, 2.75) is 6.42 Å². The molecule has 1 aromatic carbocycles. The van der Waals surface area contributed by atoms with E-state index in [1.165, 1.54) is 5.56 Å². The van der Waals surface area contributed by atoms with E-state index in [0.29, 0.717) is 0 Å². The molecular formula is C11H13BrO. The normalized spacial score (nSPS) is 8.31. The van der Waals surface area contributed by atoms with Gasteiger partial charge in [0, 0.05) is 5.33 Å². The summed E-state index contributed by atoms with van der Waals surface area (Å²) in [6, 6.07) is 8.08. The van der Waals surface area contributed by atoms with Crippen molar-refractivity contribution in [2.75, 3.05) is 12.4 Å². The van der Waals surface area contributed by atoms with E-state index in [1.54, 1.807) is 7.11 Å². The second kappa shape index (κ2) is 7.70. The summed E-state index contributed by atoms with van der Waals surface area (Å²) in [4.78, 5) is 0. The van der Waals surface area contributed by atoms with Crippen LogP contribution in [0.5, 0.6) is 5.75 Å². The summed E-state index contributed by atoms with van der Waals surface area (Å²) in [6.07, 6.45) is 9.02. The molecule has 0 unspecified atom stereocenters. The van der Waals surface area contributed by atoms with Gasteiger partial charge in [-0.25, -0.2) is 0 Å². The number of aryl methyl sites for hydroxylation is 1. The summed E-state index contributed by atoms with van der Waals surface area (Å²) in [7, 11) is 1.70. The van der Waals surface area contributed by atoms with Crippen molar-refractivity contribution in [3.8, 4) is 18.6 Å². The molecule has 0 aliphatic heterocycles. The second-order valence-electron chi connectivity index (χ2n) is 2.25. The monoisotopic (exact) mass is 240 g/mol. The van der Waals surface area contributed by atoms with Crippen molar-refractivity contribution >= 4 is 15.9 Å². The Morgan fingerprint density at radius 2 is 1.92 bits per heavy atom. The molecule has 1 aromatic rings. The third-order valence-electron chi connectivity index (χ3n) is 1.56. The van der Waals surface area contributed by atoms with Gasteiger partial charge in [0.1, 0.15) is 5.75 Å². The van der Waals surface area contributed by atoms with Gasteiger partial charge >= 0.3 is 0 Å². The molecule has 0 bridgehead atoms. The zero-order valence-corrected chi connectivity index (χ0v) is 9.25. The fourth-order valence-corrected chi connectivity index (χ4v) is 1.44. The minimum atomic E-state index is 0.979. The number of halogens is 1. The number of hydrogen-bond acceptors (Lipinski definition) is 1. The van der Waals surface area contributed by atoms with Crippen LogP contribution in [0.1, 0.15) is 5.56 Å². The maximum absolute atomic E-state index is 5.18. The predicted molar refractivity (Wildman–Crippen MR) is 60.4 cm³/mol. The Kier molecular flexibility index (Phi) is 7.14. The number of para-hydroxylation sites is 1. The zero-order chi connectivity index (χ0) is 10.1. The Morgan fingerprint density at radius 1 is 1.31 bits per heavy atom. The Morgan fingerprint density at radius 3 is 2.46 bits per heavy atom. The van der Waals surface area contributed by atoms with Crippen LogP contribution in [0, 0.1) is 12.8 Å². The molecule has 0 aromatic heterocycles. The molecule has 70 valence electrons. The smallest absolute Gasteiger partial charge is 0.122 e. The summed E-state index contributed by atoms with van der Waals surface area (Å²) in [5.41, 5.74) is 1.26.